The molecular formula is C24H34N6O2S. The Labute approximate surface area is 199 Å². The molecule has 0 spiro atoms. The molecule has 0 bridgehead atoms. The van der Waals surface area contributed by atoms with E-state index in [9.17, 15) is 4.79 Å². The predicted octanol–water partition coefficient (Wildman–Crippen LogP) is 3.38. The maximum atomic E-state index is 13.1. The molecule has 8 nitrogen and oxygen atoms in total. The summed E-state index contributed by atoms with van der Waals surface area (Å²) in [7, 11) is 2.14. The van der Waals surface area contributed by atoms with E-state index >= 15 is 0 Å². The number of hydrogen-bond donors (Lipinski definition) is 1. The van der Waals surface area contributed by atoms with Gasteiger partial charge in [-0.15, -0.1) is 11.3 Å². The summed E-state index contributed by atoms with van der Waals surface area (Å²) >= 11 is 1.46. The normalized spacial score (nSPS) is 16.0. The van der Waals surface area contributed by atoms with Crippen molar-refractivity contribution in [3.8, 4) is 0 Å². The largest absolute Gasteiger partial charge is 0.468 e. The van der Waals surface area contributed by atoms with Crippen molar-refractivity contribution in [1.29, 1.82) is 0 Å². The van der Waals surface area contributed by atoms with Gasteiger partial charge in [-0.1, -0.05) is 6.92 Å². The topological polar surface area (TPSA) is 77.7 Å². The van der Waals surface area contributed by atoms with Crippen LogP contribution < -0.4 is 10.2 Å². The Morgan fingerprint density at radius 1 is 1.30 bits per heavy atom. The van der Waals surface area contributed by atoms with E-state index in [1.54, 1.807) is 12.6 Å². The Kier molecular flexibility index (Phi) is 7.62. The molecule has 1 aliphatic heterocycles. The number of piperazine rings is 1. The summed E-state index contributed by atoms with van der Waals surface area (Å²) in [5, 5.41) is 4.14. The van der Waals surface area contributed by atoms with Crippen LogP contribution in [0.1, 0.15) is 41.3 Å². The fourth-order valence-electron chi connectivity index (χ4n) is 4.24. The fraction of sp³-hybridized carbons (Fsp3) is 0.542. The van der Waals surface area contributed by atoms with Gasteiger partial charge in [-0.2, -0.15) is 0 Å². The number of aromatic nitrogens is 2. The van der Waals surface area contributed by atoms with E-state index in [1.807, 2.05) is 19.1 Å². The average molecular weight is 471 g/mol. The molecule has 4 heterocycles. The molecule has 1 aliphatic rings. The summed E-state index contributed by atoms with van der Waals surface area (Å²) in [5.41, 5.74) is 0.969. The minimum atomic E-state index is -0.0399. The van der Waals surface area contributed by atoms with Gasteiger partial charge in [0.2, 0.25) is 0 Å². The standard InChI is InChI=1S/C24H34N6O2S/c1-5-17(2)30(15-19-7-6-14-32-19)9-8-25-23(31)21-18(3)20-22(26-16-27-24(20)33-21)29-12-10-28(4)11-13-29/h6-7,14,16-17H,5,8-13,15H2,1-4H3,(H,25,31)/t17-/m1/s1. The Bertz CT molecular complexity index is 1060. The van der Waals surface area contributed by atoms with Gasteiger partial charge in [0.25, 0.3) is 5.91 Å². The molecule has 1 saturated heterocycles. The molecule has 4 rings (SSSR count). The van der Waals surface area contributed by atoms with E-state index in [0.717, 1.165) is 77.9 Å². The Morgan fingerprint density at radius 3 is 2.79 bits per heavy atom. The highest BCUT2D eigenvalue weighted by molar-refractivity contribution is 7.20. The molecule has 1 N–H and O–H groups in total. The first-order chi connectivity index (χ1) is 16.0. The lowest BCUT2D eigenvalue weighted by atomic mass is 10.1. The zero-order chi connectivity index (χ0) is 23.4. The Morgan fingerprint density at radius 2 is 2.09 bits per heavy atom. The summed E-state index contributed by atoms with van der Waals surface area (Å²) in [5.74, 6) is 1.85. The second-order valence-corrected chi connectivity index (χ2v) is 9.79. The molecule has 3 aromatic heterocycles. The molecule has 0 aliphatic carbocycles. The molecule has 1 amide bonds. The van der Waals surface area contributed by atoms with Crippen molar-refractivity contribution in [1.82, 2.24) is 25.1 Å². The van der Waals surface area contributed by atoms with Crippen molar-refractivity contribution < 1.29 is 9.21 Å². The van der Waals surface area contributed by atoms with E-state index in [4.69, 9.17) is 4.42 Å². The van der Waals surface area contributed by atoms with E-state index in [0.29, 0.717) is 12.6 Å². The number of nitrogens with zero attached hydrogens (tertiary/aromatic N) is 5. The minimum Gasteiger partial charge on any atom is -0.468 e. The quantitative estimate of drug-likeness (QED) is 0.514. The number of aryl methyl sites for hydroxylation is 1. The number of anilines is 1. The molecule has 1 atom stereocenters. The lowest BCUT2D eigenvalue weighted by Gasteiger charge is -2.33. The lowest BCUT2D eigenvalue weighted by molar-refractivity contribution is 0.0945. The van der Waals surface area contributed by atoms with Crippen LogP contribution in [0.15, 0.2) is 29.1 Å². The summed E-state index contributed by atoms with van der Waals surface area (Å²) in [6, 6.07) is 4.31. The van der Waals surface area contributed by atoms with Gasteiger partial charge < -0.3 is 19.5 Å². The van der Waals surface area contributed by atoms with Crippen LogP contribution in [0, 0.1) is 6.92 Å². The van der Waals surface area contributed by atoms with E-state index in [1.165, 1.54) is 11.3 Å². The van der Waals surface area contributed by atoms with Crippen molar-refractivity contribution in [2.45, 2.75) is 39.8 Å². The summed E-state index contributed by atoms with van der Waals surface area (Å²) in [6.45, 7) is 12.4. The van der Waals surface area contributed by atoms with Gasteiger partial charge in [0.1, 0.15) is 22.7 Å². The second kappa shape index (κ2) is 10.6. The number of thiophene rings is 1. The molecule has 9 heteroatoms. The summed E-state index contributed by atoms with van der Waals surface area (Å²) < 4.78 is 5.53. The third-order valence-corrected chi connectivity index (χ3v) is 7.75. The fourth-order valence-corrected chi connectivity index (χ4v) is 5.30. The number of carbonyl (C=O) groups excluding carboxylic acids is 1. The highest BCUT2D eigenvalue weighted by atomic mass is 32.1. The van der Waals surface area contributed by atoms with Gasteiger partial charge >= 0.3 is 0 Å². The number of fused-ring (bicyclic) bond motifs is 1. The number of likely N-dealkylation sites (N-methyl/N-ethyl adjacent to an activating group) is 1. The number of amides is 1. The third-order valence-electron chi connectivity index (χ3n) is 6.55. The average Bonchev–Trinajstić information content (AvgIpc) is 3.46. The summed E-state index contributed by atoms with van der Waals surface area (Å²) in [4.78, 5) is 30.7. The van der Waals surface area contributed by atoms with Crippen LogP contribution in [-0.2, 0) is 6.54 Å². The van der Waals surface area contributed by atoms with Gasteiger partial charge in [0.05, 0.1) is 23.1 Å². The van der Waals surface area contributed by atoms with Crippen molar-refractivity contribution >= 4 is 33.3 Å². The molecule has 0 radical (unpaired) electrons. The number of nitrogens with one attached hydrogen (secondary N) is 1. The zero-order valence-electron chi connectivity index (χ0n) is 20.0. The van der Waals surface area contributed by atoms with Crippen LogP contribution in [0.25, 0.3) is 10.2 Å². The van der Waals surface area contributed by atoms with Crippen LogP contribution in [0.5, 0.6) is 0 Å². The lowest BCUT2D eigenvalue weighted by Crippen LogP contribution is -2.44. The molecule has 1 fully saturated rings. The van der Waals surface area contributed by atoms with Gasteiger partial charge in [0, 0.05) is 45.3 Å². The second-order valence-electron chi connectivity index (χ2n) is 8.79. The van der Waals surface area contributed by atoms with Gasteiger partial charge in [-0.3, -0.25) is 9.69 Å². The number of hydrogen-bond acceptors (Lipinski definition) is 8. The van der Waals surface area contributed by atoms with Crippen LogP contribution in [-0.4, -0.2) is 78.0 Å². The van der Waals surface area contributed by atoms with Crippen molar-refractivity contribution in [2.24, 2.45) is 0 Å². The highest BCUT2D eigenvalue weighted by Crippen LogP contribution is 2.35. The maximum absolute atomic E-state index is 13.1. The van der Waals surface area contributed by atoms with Crippen LogP contribution in [0.2, 0.25) is 0 Å². The van der Waals surface area contributed by atoms with E-state index < -0.39 is 0 Å². The van der Waals surface area contributed by atoms with Crippen molar-refractivity contribution in [2.75, 3.05) is 51.2 Å². The highest BCUT2D eigenvalue weighted by Gasteiger charge is 2.24. The van der Waals surface area contributed by atoms with Crippen molar-refractivity contribution in [3.05, 3.63) is 40.9 Å². The molecule has 33 heavy (non-hydrogen) atoms. The molecule has 3 aromatic rings. The first-order valence-electron chi connectivity index (χ1n) is 11.7. The van der Waals surface area contributed by atoms with Gasteiger partial charge in [0.15, 0.2) is 0 Å². The molecule has 178 valence electrons. The first kappa shape index (κ1) is 23.7. The number of furan rings is 1. The molecule has 0 aromatic carbocycles. The summed E-state index contributed by atoms with van der Waals surface area (Å²) in [6.07, 6.45) is 4.36. The molecule has 0 saturated carbocycles. The SMILES string of the molecule is CC[C@@H](C)N(CCNC(=O)c1sc2ncnc(N3CCN(C)CC3)c2c1C)Cc1ccco1. The maximum Gasteiger partial charge on any atom is 0.261 e. The first-order valence-corrected chi connectivity index (χ1v) is 12.5. The predicted molar refractivity (Wildman–Crippen MR) is 133 cm³/mol. The van der Waals surface area contributed by atoms with E-state index in [-0.39, 0.29) is 5.91 Å². The molecular weight excluding hydrogens is 436 g/mol. The minimum absolute atomic E-state index is 0.0399. The van der Waals surface area contributed by atoms with Crippen LogP contribution in [0.3, 0.4) is 0 Å². The van der Waals surface area contributed by atoms with Crippen LogP contribution >= 0.6 is 11.3 Å². The van der Waals surface area contributed by atoms with Gasteiger partial charge in [-0.05, 0) is 45.0 Å². The smallest absolute Gasteiger partial charge is 0.261 e. The van der Waals surface area contributed by atoms with E-state index in [2.05, 4.69) is 50.9 Å². The monoisotopic (exact) mass is 470 g/mol. The van der Waals surface area contributed by atoms with Crippen LogP contribution in [0.4, 0.5) is 5.82 Å². The Hall–Kier alpha value is -2.49. The number of carbonyl (C=O) groups is 1. The number of rotatable bonds is 9. The zero-order valence-corrected chi connectivity index (χ0v) is 20.8. The Balaban J connectivity index is 1.44. The van der Waals surface area contributed by atoms with Gasteiger partial charge in [-0.25, -0.2) is 9.97 Å². The third kappa shape index (κ3) is 5.37. The van der Waals surface area contributed by atoms with Crippen molar-refractivity contribution in [3.63, 3.8) is 0 Å². The molecule has 0 unspecified atom stereocenters.